The fourth-order valence-electron chi connectivity index (χ4n) is 2.17. The first kappa shape index (κ1) is 15.6. The lowest BCUT2D eigenvalue weighted by Gasteiger charge is -2.29. The molecule has 1 aliphatic rings. The van der Waals surface area contributed by atoms with Crippen molar-refractivity contribution < 1.29 is 27.1 Å². The van der Waals surface area contributed by atoms with E-state index < -0.39 is 33.7 Å². The van der Waals surface area contributed by atoms with Crippen LogP contribution >= 0.6 is 0 Å². The smallest absolute Gasteiger partial charge is 0.306 e. The maximum Gasteiger partial charge on any atom is 0.306 e. The van der Waals surface area contributed by atoms with Crippen molar-refractivity contribution in [2.75, 3.05) is 17.8 Å². The standard InChI is InChI=1S/C12H14F2N2O4S/c13-9-5-10(14)7-11(6-9)15-21(19,20)16-3-1-8(2-4-16)12(17)18/h5-8,15H,1-4H2,(H,17,18). The first-order valence-electron chi connectivity index (χ1n) is 6.25. The number of rotatable bonds is 4. The van der Waals surface area contributed by atoms with Gasteiger partial charge in [-0.15, -0.1) is 0 Å². The summed E-state index contributed by atoms with van der Waals surface area (Å²) >= 11 is 0. The lowest BCUT2D eigenvalue weighted by molar-refractivity contribution is -0.142. The van der Waals surface area contributed by atoms with Crippen LogP contribution in [0.1, 0.15) is 12.8 Å². The number of benzene rings is 1. The van der Waals surface area contributed by atoms with Gasteiger partial charge in [-0.3, -0.25) is 9.52 Å². The van der Waals surface area contributed by atoms with E-state index in [1.54, 1.807) is 0 Å². The van der Waals surface area contributed by atoms with Crippen molar-refractivity contribution in [2.45, 2.75) is 12.8 Å². The molecular weight excluding hydrogens is 306 g/mol. The van der Waals surface area contributed by atoms with Crippen LogP contribution in [0.5, 0.6) is 0 Å². The normalized spacial score (nSPS) is 17.6. The van der Waals surface area contributed by atoms with E-state index in [0.717, 1.165) is 16.4 Å². The van der Waals surface area contributed by atoms with Crippen LogP contribution in [0.2, 0.25) is 0 Å². The molecule has 0 aromatic heterocycles. The maximum absolute atomic E-state index is 13.0. The van der Waals surface area contributed by atoms with Crippen LogP contribution in [0.3, 0.4) is 0 Å². The number of nitrogens with zero attached hydrogens (tertiary/aromatic N) is 1. The van der Waals surface area contributed by atoms with Crippen LogP contribution in [0.15, 0.2) is 18.2 Å². The summed E-state index contributed by atoms with van der Waals surface area (Å²) in [6.45, 7) is 0.0915. The van der Waals surface area contributed by atoms with E-state index in [-0.39, 0.29) is 31.6 Å². The lowest BCUT2D eigenvalue weighted by atomic mass is 9.99. The Kier molecular flexibility index (Phi) is 4.43. The average molecular weight is 320 g/mol. The van der Waals surface area contributed by atoms with Crippen molar-refractivity contribution in [2.24, 2.45) is 5.92 Å². The number of anilines is 1. The van der Waals surface area contributed by atoms with E-state index in [4.69, 9.17) is 5.11 Å². The van der Waals surface area contributed by atoms with E-state index in [1.165, 1.54) is 0 Å². The van der Waals surface area contributed by atoms with Gasteiger partial charge in [0.05, 0.1) is 11.6 Å². The molecule has 1 heterocycles. The van der Waals surface area contributed by atoms with E-state index in [1.807, 2.05) is 0 Å². The molecule has 1 aromatic rings. The first-order valence-corrected chi connectivity index (χ1v) is 7.69. The Morgan fingerprint density at radius 1 is 1.19 bits per heavy atom. The van der Waals surface area contributed by atoms with E-state index in [0.29, 0.717) is 6.07 Å². The SMILES string of the molecule is O=C(O)C1CCN(S(=O)(=O)Nc2cc(F)cc(F)c2)CC1. The molecule has 9 heteroatoms. The number of halogens is 2. The predicted molar refractivity (Wildman–Crippen MR) is 70.8 cm³/mol. The highest BCUT2D eigenvalue weighted by Gasteiger charge is 2.31. The lowest BCUT2D eigenvalue weighted by Crippen LogP contribution is -2.42. The van der Waals surface area contributed by atoms with Gasteiger partial charge in [-0.25, -0.2) is 8.78 Å². The molecule has 0 aliphatic carbocycles. The second kappa shape index (κ2) is 5.94. The van der Waals surface area contributed by atoms with Crippen LogP contribution in [0.4, 0.5) is 14.5 Å². The Morgan fingerprint density at radius 3 is 2.19 bits per heavy atom. The van der Waals surface area contributed by atoms with Gasteiger partial charge in [0.15, 0.2) is 0 Å². The van der Waals surface area contributed by atoms with Crippen molar-refractivity contribution in [3.05, 3.63) is 29.8 Å². The van der Waals surface area contributed by atoms with Gasteiger partial charge in [0.25, 0.3) is 0 Å². The number of carboxylic acids is 1. The molecule has 1 aliphatic heterocycles. The molecule has 2 rings (SSSR count). The Bertz CT molecular complexity index is 622. The van der Waals surface area contributed by atoms with Gasteiger partial charge in [-0.2, -0.15) is 12.7 Å². The number of hydrogen-bond donors (Lipinski definition) is 2. The molecule has 0 saturated carbocycles. The molecule has 1 saturated heterocycles. The zero-order valence-corrected chi connectivity index (χ0v) is 11.7. The molecule has 2 N–H and O–H groups in total. The molecule has 0 unspecified atom stereocenters. The van der Waals surface area contributed by atoms with Gasteiger partial charge in [-0.05, 0) is 25.0 Å². The number of carbonyl (C=O) groups is 1. The predicted octanol–water partition coefficient (Wildman–Crippen LogP) is 1.42. The van der Waals surface area contributed by atoms with Crippen LogP contribution < -0.4 is 4.72 Å². The minimum absolute atomic E-state index is 0.0457. The highest BCUT2D eigenvalue weighted by Crippen LogP contribution is 2.22. The second-order valence-corrected chi connectivity index (χ2v) is 6.45. The van der Waals surface area contributed by atoms with Crippen LogP contribution in [0, 0.1) is 17.6 Å². The zero-order valence-electron chi connectivity index (χ0n) is 10.9. The third kappa shape index (κ3) is 3.88. The van der Waals surface area contributed by atoms with Crippen molar-refractivity contribution in [3.63, 3.8) is 0 Å². The monoisotopic (exact) mass is 320 g/mol. The summed E-state index contributed by atoms with van der Waals surface area (Å²) < 4.78 is 53.4. The van der Waals surface area contributed by atoms with Crippen molar-refractivity contribution in [3.8, 4) is 0 Å². The summed E-state index contributed by atoms with van der Waals surface area (Å²) in [6, 6.07) is 2.37. The number of aliphatic carboxylic acids is 1. The second-order valence-electron chi connectivity index (χ2n) is 4.78. The summed E-state index contributed by atoms with van der Waals surface area (Å²) in [5.41, 5.74) is -0.215. The third-order valence-corrected chi connectivity index (χ3v) is 4.79. The summed E-state index contributed by atoms with van der Waals surface area (Å²) in [6.07, 6.45) is 0.404. The number of piperidine rings is 1. The van der Waals surface area contributed by atoms with Gasteiger partial charge in [0.2, 0.25) is 0 Å². The van der Waals surface area contributed by atoms with E-state index >= 15 is 0 Å². The minimum Gasteiger partial charge on any atom is -0.481 e. The van der Waals surface area contributed by atoms with Gasteiger partial charge < -0.3 is 5.11 Å². The van der Waals surface area contributed by atoms with Crippen LogP contribution in [-0.4, -0.2) is 36.9 Å². The topological polar surface area (TPSA) is 86.7 Å². The molecular formula is C12H14F2N2O4S. The number of carboxylic acid groups (broad SMARTS) is 1. The summed E-state index contributed by atoms with van der Waals surface area (Å²) in [7, 11) is -3.96. The highest BCUT2D eigenvalue weighted by atomic mass is 32.2. The molecule has 0 amide bonds. The van der Waals surface area contributed by atoms with Gasteiger partial charge >= 0.3 is 16.2 Å². The van der Waals surface area contributed by atoms with E-state index in [9.17, 15) is 22.0 Å². The Labute approximate surface area is 120 Å². The van der Waals surface area contributed by atoms with Gasteiger partial charge in [0, 0.05) is 19.2 Å². The fourth-order valence-corrected chi connectivity index (χ4v) is 3.41. The molecule has 0 radical (unpaired) electrons. The molecule has 21 heavy (non-hydrogen) atoms. The largest absolute Gasteiger partial charge is 0.481 e. The summed E-state index contributed by atoms with van der Waals surface area (Å²) in [5, 5.41) is 8.86. The molecule has 6 nitrogen and oxygen atoms in total. The molecule has 1 fully saturated rings. The Balaban J connectivity index is 2.07. The van der Waals surface area contributed by atoms with Crippen molar-refractivity contribution >= 4 is 21.9 Å². The number of nitrogens with one attached hydrogen (secondary N) is 1. The average Bonchev–Trinajstić information content (AvgIpc) is 2.37. The maximum atomic E-state index is 13.0. The molecule has 0 atom stereocenters. The summed E-state index contributed by atoms with van der Waals surface area (Å²) in [4.78, 5) is 10.8. The minimum atomic E-state index is -3.96. The number of hydrogen-bond acceptors (Lipinski definition) is 3. The molecule has 0 bridgehead atoms. The molecule has 0 spiro atoms. The first-order chi connectivity index (χ1) is 9.78. The van der Waals surface area contributed by atoms with Gasteiger partial charge in [0.1, 0.15) is 11.6 Å². The molecule has 1 aromatic carbocycles. The fraction of sp³-hybridized carbons (Fsp3) is 0.417. The zero-order chi connectivity index (χ0) is 15.6. The summed E-state index contributed by atoms with van der Waals surface area (Å²) in [5.74, 6) is -3.30. The van der Waals surface area contributed by atoms with Crippen molar-refractivity contribution in [1.82, 2.24) is 4.31 Å². The van der Waals surface area contributed by atoms with Crippen molar-refractivity contribution in [1.29, 1.82) is 0 Å². The molecule has 116 valence electrons. The van der Waals surface area contributed by atoms with Gasteiger partial charge in [-0.1, -0.05) is 0 Å². The quantitative estimate of drug-likeness (QED) is 0.878. The Morgan fingerprint density at radius 2 is 1.71 bits per heavy atom. The Hall–Kier alpha value is -1.74. The van der Waals surface area contributed by atoms with Crippen LogP contribution in [0.25, 0.3) is 0 Å². The van der Waals surface area contributed by atoms with Crippen LogP contribution in [-0.2, 0) is 15.0 Å². The van der Waals surface area contributed by atoms with E-state index in [2.05, 4.69) is 4.72 Å². The third-order valence-electron chi connectivity index (χ3n) is 3.25. The highest BCUT2D eigenvalue weighted by molar-refractivity contribution is 7.90.